The van der Waals surface area contributed by atoms with E-state index in [9.17, 15) is 24.9 Å². The van der Waals surface area contributed by atoms with Crippen LogP contribution in [0.4, 0.5) is 0 Å². The molecule has 1 aromatic rings. The van der Waals surface area contributed by atoms with Gasteiger partial charge in [-0.05, 0) is 18.6 Å². The number of aliphatic hydroxyl groups is 3. The lowest BCUT2D eigenvalue weighted by Gasteiger charge is -2.40. The van der Waals surface area contributed by atoms with Crippen LogP contribution >= 0.6 is 12.2 Å². The van der Waals surface area contributed by atoms with Gasteiger partial charge in [-0.25, -0.2) is 4.79 Å². The number of aromatic amines is 1. The highest BCUT2D eigenvalue weighted by Crippen LogP contribution is 2.29. The third-order valence-electron chi connectivity index (χ3n) is 3.41. The van der Waals surface area contributed by atoms with Gasteiger partial charge in [0.1, 0.15) is 18.3 Å². The lowest BCUT2D eigenvalue weighted by Crippen LogP contribution is -2.58. The molecule has 0 bridgehead atoms. The normalized spacial score (nSPS) is 35.4. The van der Waals surface area contributed by atoms with E-state index >= 15 is 0 Å². The predicted octanol–water partition coefficient (Wildman–Crippen LogP) is -1.08. The average molecular weight is 351 g/mol. The van der Waals surface area contributed by atoms with Gasteiger partial charge in [0.05, 0.1) is 0 Å². The Morgan fingerprint density at radius 3 is 2.78 bits per heavy atom. The molecular weight excluding hydrogens is 328 g/mol. The zero-order valence-electron chi connectivity index (χ0n) is 16.5. The van der Waals surface area contributed by atoms with Crippen LogP contribution in [0.1, 0.15) is 32.0 Å². The summed E-state index contributed by atoms with van der Waals surface area (Å²) in [6.07, 6.45) is -13.2. The Morgan fingerprint density at radius 1 is 1.48 bits per heavy atom. The van der Waals surface area contributed by atoms with Crippen molar-refractivity contribution in [3.05, 3.63) is 26.9 Å². The van der Waals surface area contributed by atoms with Gasteiger partial charge in [0.25, 0.3) is 5.56 Å². The van der Waals surface area contributed by atoms with Crippen molar-refractivity contribution >= 4 is 18.2 Å². The van der Waals surface area contributed by atoms with E-state index < -0.39 is 66.6 Å². The summed E-state index contributed by atoms with van der Waals surface area (Å²) >= 11 is 4.98. The van der Waals surface area contributed by atoms with E-state index in [1.165, 1.54) is 0 Å². The number of carboxylic acids is 1. The molecule has 9 nitrogen and oxygen atoms in total. The van der Waals surface area contributed by atoms with Crippen molar-refractivity contribution in [3.63, 3.8) is 0 Å². The van der Waals surface area contributed by atoms with E-state index in [1.807, 2.05) is 0 Å². The predicted molar refractivity (Wildman–Crippen MR) is 79.4 cm³/mol. The van der Waals surface area contributed by atoms with Crippen molar-refractivity contribution in [2.75, 3.05) is 0 Å². The van der Waals surface area contributed by atoms with E-state index in [4.69, 9.17) is 28.9 Å². The minimum atomic E-state index is -3.07. The summed E-state index contributed by atoms with van der Waals surface area (Å²) in [5.41, 5.74) is -1.11. The quantitative estimate of drug-likeness (QED) is 0.431. The number of aliphatic carboxylic acids is 1. The molecule has 5 N–H and O–H groups in total. The highest BCUT2D eigenvalue weighted by molar-refractivity contribution is 7.71. The fourth-order valence-electron chi connectivity index (χ4n) is 2.34. The van der Waals surface area contributed by atoms with E-state index in [0.717, 1.165) is 10.6 Å². The average Bonchev–Trinajstić information content (AvgIpc) is 2.52. The van der Waals surface area contributed by atoms with Crippen LogP contribution in [0.5, 0.6) is 0 Å². The molecule has 1 aromatic heterocycles. The third-order valence-corrected chi connectivity index (χ3v) is 3.71. The van der Waals surface area contributed by atoms with Gasteiger partial charge in [-0.15, -0.1) is 0 Å². The molecule has 1 aliphatic heterocycles. The summed E-state index contributed by atoms with van der Waals surface area (Å²) in [7, 11) is 0. The molecule has 5 atom stereocenters. The lowest BCUT2D eigenvalue weighted by atomic mass is 9.97. The molecular formula is C13H18N2O7S. The van der Waals surface area contributed by atoms with Gasteiger partial charge in [-0.3, -0.25) is 14.3 Å². The van der Waals surface area contributed by atoms with Gasteiger partial charge >= 0.3 is 5.97 Å². The molecule has 1 fully saturated rings. The molecule has 2 heterocycles. The molecule has 0 radical (unpaired) electrons. The first-order valence-corrected chi connectivity index (χ1v) is 6.85. The number of H-pyrrole nitrogens is 1. The Morgan fingerprint density at radius 2 is 2.17 bits per heavy atom. The first-order valence-electron chi connectivity index (χ1n) is 8.94. The molecule has 1 saturated heterocycles. The highest BCUT2D eigenvalue weighted by atomic mass is 32.1. The number of aryl methyl sites for hydroxylation is 1. The smallest absolute Gasteiger partial charge is 0.335 e. The molecule has 0 amide bonds. The van der Waals surface area contributed by atoms with Crippen molar-refractivity contribution in [1.82, 2.24) is 9.55 Å². The minimum absolute atomic E-state index is 0.313. The number of rotatable bonds is 4. The molecule has 2 rings (SSSR count). The molecule has 23 heavy (non-hydrogen) atoms. The van der Waals surface area contributed by atoms with Gasteiger partial charge in [0.2, 0.25) is 0 Å². The van der Waals surface area contributed by atoms with E-state index in [-0.39, 0.29) is 5.69 Å². The van der Waals surface area contributed by atoms with Crippen LogP contribution in [-0.2, 0) is 16.0 Å². The number of hydrogen-bond acceptors (Lipinski definition) is 7. The Bertz CT molecular complexity index is 870. The first-order chi connectivity index (χ1) is 12.7. The number of aromatic nitrogens is 2. The number of nitrogens with zero attached hydrogens (tertiary/aromatic N) is 1. The first kappa shape index (κ1) is 11.9. The monoisotopic (exact) mass is 351 g/mol. The number of carbonyl (C=O) groups is 1. The second-order valence-corrected chi connectivity index (χ2v) is 5.30. The van der Waals surface area contributed by atoms with Gasteiger partial charge in [0, 0.05) is 18.6 Å². The second-order valence-electron chi connectivity index (χ2n) is 4.91. The summed E-state index contributed by atoms with van der Waals surface area (Å²) in [6, 6.07) is 0.822. The zero-order chi connectivity index (χ0) is 21.6. The fourth-order valence-corrected chi connectivity index (χ4v) is 2.66. The van der Waals surface area contributed by atoms with Crippen molar-refractivity contribution in [2.45, 2.75) is 50.3 Å². The van der Waals surface area contributed by atoms with Crippen LogP contribution in [0.15, 0.2) is 10.9 Å². The van der Waals surface area contributed by atoms with Crippen LogP contribution in [0.25, 0.3) is 0 Å². The van der Waals surface area contributed by atoms with Crippen LogP contribution in [0, 0.1) is 4.77 Å². The second kappa shape index (κ2) is 6.89. The molecule has 10 heteroatoms. The number of carboxylic acid groups (broad SMARTS) is 1. The SMILES string of the molecule is [2H]C([2H])([2H])C([2H])([2H])Cc1cc(=O)[nH]c(=S)n1[C@@H]1O[C@H](C(=O)O)[C@@H](O)[C@H](O)[C@H]1O. The van der Waals surface area contributed by atoms with Crippen molar-refractivity contribution in [1.29, 1.82) is 0 Å². The molecule has 0 unspecified atom stereocenters. The van der Waals surface area contributed by atoms with Crippen LogP contribution in [0.3, 0.4) is 0 Å². The maximum Gasteiger partial charge on any atom is 0.335 e. The van der Waals surface area contributed by atoms with E-state index in [2.05, 4.69) is 4.98 Å². The number of aliphatic hydroxyl groups excluding tert-OH is 3. The molecule has 0 aromatic carbocycles. The number of hydrogen-bond donors (Lipinski definition) is 5. The Labute approximate surface area is 142 Å². The summed E-state index contributed by atoms with van der Waals surface area (Å²) in [5, 5.41) is 39.1. The third kappa shape index (κ3) is 3.35. The molecule has 128 valence electrons. The molecule has 0 saturated carbocycles. The van der Waals surface area contributed by atoms with Crippen LogP contribution in [0.2, 0.25) is 0 Å². The summed E-state index contributed by atoms with van der Waals surface area (Å²) in [4.78, 5) is 25.2. The van der Waals surface area contributed by atoms with Crippen LogP contribution < -0.4 is 5.56 Å². The Hall–Kier alpha value is -1.59. The minimum Gasteiger partial charge on any atom is -0.479 e. The largest absolute Gasteiger partial charge is 0.479 e. The Balaban J connectivity index is 2.60. The summed E-state index contributed by atoms with van der Waals surface area (Å²) < 4.78 is 42.9. The van der Waals surface area contributed by atoms with Crippen molar-refractivity contribution in [2.24, 2.45) is 0 Å². The number of ether oxygens (including phenoxy) is 1. The van der Waals surface area contributed by atoms with E-state index in [0.29, 0.717) is 0 Å². The van der Waals surface area contributed by atoms with Crippen molar-refractivity contribution in [3.8, 4) is 0 Å². The molecule has 0 aliphatic carbocycles. The zero-order valence-corrected chi connectivity index (χ0v) is 12.4. The maximum absolute atomic E-state index is 11.8. The topological polar surface area (TPSA) is 145 Å². The number of nitrogens with one attached hydrogen (secondary N) is 1. The summed E-state index contributed by atoms with van der Waals surface area (Å²) in [5.74, 6) is -1.65. The van der Waals surface area contributed by atoms with Gasteiger partial charge < -0.3 is 25.2 Å². The van der Waals surface area contributed by atoms with Gasteiger partial charge in [0.15, 0.2) is 17.1 Å². The Kier molecular flexibility index (Phi) is 3.56. The molecule has 1 aliphatic rings. The summed E-state index contributed by atoms with van der Waals surface area (Å²) in [6.45, 7) is -3.07. The standard InChI is InChI=1S/C13H18N2O7S/c1-2-3-5-4-6(16)14-13(23)15(5)11-9(19)7(17)8(18)10(22-11)12(20)21/h4,7-11,17-19H,2-3H2,1H3,(H,20,21)(H,14,16,23)/t7-,8-,9+,10-,11+/m0/s1/i1D3,2D2. The highest BCUT2D eigenvalue weighted by Gasteiger charge is 2.48. The van der Waals surface area contributed by atoms with Gasteiger partial charge in [-0.2, -0.15) is 0 Å². The lowest BCUT2D eigenvalue weighted by molar-refractivity contribution is -0.247. The van der Waals surface area contributed by atoms with E-state index in [1.54, 1.807) is 0 Å². The maximum atomic E-state index is 11.8. The fraction of sp³-hybridized carbons (Fsp3) is 0.615. The van der Waals surface area contributed by atoms with Gasteiger partial charge in [-0.1, -0.05) is 13.2 Å². The van der Waals surface area contributed by atoms with Crippen LogP contribution in [-0.4, -0.2) is 60.4 Å². The molecule has 0 spiro atoms. The van der Waals surface area contributed by atoms with Crippen molar-refractivity contribution < 1.29 is 36.8 Å².